The van der Waals surface area contributed by atoms with E-state index in [0.29, 0.717) is 17.9 Å². The number of rotatable bonds is 4. The number of aromatic nitrogens is 3. The highest BCUT2D eigenvalue weighted by Crippen LogP contribution is 2.17. The molecule has 0 unspecified atom stereocenters. The van der Waals surface area contributed by atoms with Crippen molar-refractivity contribution >= 4 is 5.91 Å². The van der Waals surface area contributed by atoms with Crippen LogP contribution in [-0.2, 0) is 6.54 Å². The lowest BCUT2D eigenvalue weighted by atomic mass is 10.2. The number of nitrogens with zero attached hydrogens (tertiary/aromatic N) is 3. The van der Waals surface area contributed by atoms with Crippen molar-refractivity contribution in [2.24, 2.45) is 0 Å². The highest BCUT2D eigenvalue weighted by Gasteiger charge is 2.17. The van der Waals surface area contributed by atoms with Crippen molar-refractivity contribution in [3.8, 4) is 5.75 Å². The van der Waals surface area contributed by atoms with Gasteiger partial charge < -0.3 is 14.6 Å². The van der Waals surface area contributed by atoms with E-state index in [9.17, 15) is 4.79 Å². The Kier molecular flexibility index (Phi) is 3.57. The molecule has 2 rings (SSSR count). The lowest BCUT2D eigenvalue weighted by Gasteiger charge is -2.17. The zero-order chi connectivity index (χ0) is 13.0. The topological polar surface area (TPSA) is 71.1 Å². The average molecular weight is 246 g/mol. The minimum absolute atomic E-state index is 0.134. The summed E-state index contributed by atoms with van der Waals surface area (Å²) in [6, 6.07) is 1.64. The summed E-state index contributed by atoms with van der Waals surface area (Å²) < 4.78 is 5.12. The number of hydrogen-bond acceptors (Lipinski definition) is 4. The third kappa shape index (κ3) is 2.48. The minimum atomic E-state index is -0.134. The molecule has 2 aromatic rings. The monoisotopic (exact) mass is 246 g/mol. The molecule has 0 bridgehead atoms. The molecule has 0 fully saturated rings. The first-order valence-electron chi connectivity index (χ1n) is 5.44. The highest BCUT2D eigenvalue weighted by atomic mass is 16.5. The molecular weight excluding hydrogens is 232 g/mol. The van der Waals surface area contributed by atoms with E-state index in [2.05, 4.69) is 15.0 Å². The Morgan fingerprint density at radius 1 is 1.50 bits per heavy atom. The van der Waals surface area contributed by atoms with Gasteiger partial charge in [0, 0.05) is 25.6 Å². The normalized spacial score (nSPS) is 10.1. The van der Waals surface area contributed by atoms with Gasteiger partial charge in [0.2, 0.25) is 0 Å². The van der Waals surface area contributed by atoms with Crippen LogP contribution in [0.2, 0.25) is 0 Å². The maximum atomic E-state index is 12.2. The summed E-state index contributed by atoms with van der Waals surface area (Å²) >= 11 is 0. The van der Waals surface area contributed by atoms with Gasteiger partial charge in [-0.05, 0) is 6.07 Å². The summed E-state index contributed by atoms with van der Waals surface area (Å²) in [5, 5.41) is 0. The smallest absolute Gasteiger partial charge is 0.257 e. The van der Waals surface area contributed by atoms with Crippen LogP contribution in [0.25, 0.3) is 0 Å². The Morgan fingerprint density at radius 3 is 3.00 bits per heavy atom. The van der Waals surface area contributed by atoms with Gasteiger partial charge in [-0.3, -0.25) is 9.78 Å². The minimum Gasteiger partial charge on any atom is -0.494 e. The van der Waals surface area contributed by atoms with Gasteiger partial charge in [0.25, 0.3) is 5.91 Å². The predicted octanol–water partition coefficient (Wildman–Crippen LogP) is 1.09. The van der Waals surface area contributed by atoms with Crippen molar-refractivity contribution in [1.82, 2.24) is 19.9 Å². The molecule has 6 heteroatoms. The molecule has 0 aromatic carbocycles. The molecule has 1 N–H and O–H groups in total. The SMILES string of the molecule is COc1cnccc1C(=O)N(C)Cc1ncc[nH]1. The molecule has 2 heterocycles. The summed E-state index contributed by atoms with van der Waals surface area (Å²) in [5.74, 6) is 1.07. The van der Waals surface area contributed by atoms with Crippen LogP contribution in [0.15, 0.2) is 30.9 Å². The molecule has 0 aliphatic heterocycles. The number of hydrogen-bond donors (Lipinski definition) is 1. The summed E-state index contributed by atoms with van der Waals surface area (Å²) in [4.78, 5) is 24.7. The van der Waals surface area contributed by atoms with E-state index in [1.807, 2.05) is 0 Å². The molecule has 0 aliphatic carbocycles. The predicted molar refractivity (Wildman–Crippen MR) is 65.2 cm³/mol. The van der Waals surface area contributed by atoms with Gasteiger partial charge in [-0.25, -0.2) is 4.98 Å². The summed E-state index contributed by atoms with van der Waals surface area (Å²) in [7, 11) is 3.23. The van der Waals surface area contributed by atoms with Crippen molar-refractivity contribution in [2.75, 3.05) is 14.2 Å². The first-order valence-corrected chi connectivity index (χ1v) is 5.44. The largest absolute Gasteiger partial charge is 0.494 e. The third-order valence-electron chi connectivity index (χ3n) is 2.52. The van der Waals surface area contributed by atoms with Crippen LogP contribution in [0.1, 0.15) is 16.2 Å². The number of aromatic amines is 1. The van der Waals surface area contributed by atoms with E-state index >= 15 is 0 Å². The zero-order valence-electron chi connectivity index (χ0n) is 10.3. The number of carbonyl (C=O) groups excluding carboxylic acids is 1. The second-order valence-electron chi connectivity index (χ2n) is 3.77. The first-order chi connectivity index (χ1) is 8.72. The number of amides is 1. The molecular formula is C12H14N4O2. The van der Waals surface area contributed by atoms with E-state index < -0.39 is 0 Å². The highest BCUT2D eigenvalue weighted by molar-refractivity contribution is 5.96. The number of methoxy groups -OCH3 is 1. The van der Waals surface area contributed by atoms with Crippen LogP contribution < -0.4 is 4.74 Å². The zero-order valence-corrected chi connectivity index (χ0v) is 10.3. The van der Waals surface area contributed by atoms with Gasteiger partial charge in [0.1, 0.15) is 11.6 Å². The molecule has 6 nitrogen and oxygen atoms in total. The molecule has 0 aliphatic rings. The molecule has 18 heavy (non-hydrogen) atoms. The molecule has 0 saturated carbocycles. The Morgan fingerprint density at radius 2 is 2.33 bits per heavy atom. The molecule has 0 saturated heterocycles. The van der Waals surface area contributed by atoms with E-state index in [4.69, 9.17) is 4.74 Å². The number of pyridine rings is 1. The van der Waals surface area contributed by atoms with Crippen LogP contribution in [0.4, 0.5) is 0 Å². The van der Waals surface area contributed by atoms with Gasteiger partial charge in [0.05, 0.1) is 25.4 Å². The van der Waals surface area contributed by atoms with Crippen LogP contribution in [0.5, 0.6) is 5.75 Å². The van der Waals surface area contributed by atoms with Crippen molar-refractivity contribution in [2.45, 2.75) is 6.54 Å². The summed E-state index contributed by atoms with van der Waals surface area (Å²) in [5.41, 5.74) is 0.488. The molecule has 0 atom stereocenters. The fraction of sp³-hybridized carbons (Fsp3) is 0.250. The molecule has 1 amide bonds. The summed E-state index contributed by atoms with van der Waals surface area (Å²) in [6.07, 6.45) is 6.46. The van der Waals surface area contributed by atoms with E-state index in [-0.39, 0.29) is 5.91 Å². The van der Waals surface area contributed by atoms with Crippen LogP contribution >= 0.6 is 0 Å². The molecule has 94 valence electrons. The Balaban J connectivity index is 2.15. The molecule has 2 aromatic heterocycles. The fourth-order valence-corrected chi connectivity index (χ4v) is 1.61. The first kappa shape index (κ1) is 12.1. The maximum Gasteiger partial charge on any atom is 0.257 e. The van der Waals surface area contributed by atoms with Crippen molar-refractivity contribution in [3.05, 3.63) is 42.2 Å². The number of nitrogens with one attached hydrogen (secondary N) is 1. The van der Waals surface area contributed by atoms with Crippen molar-refractivity contribution < 1.29 is 9.53 Å². The maximum absolute atomic E-state index is 12.2. The fourth-order valence-electron chi connectivity index (χ4n) is 1.61. The third-order valence-corrected chi connectivity index (χ3v) is 2.52. The molecule has 0 spiro atoms. The standard InChI is InChI=1S/C12H14N4O2/c1-16(8-11-14-5-6-15-11)12(17)9-3-4-13-7-10(9)18-2/h3-7H,8H2,1-2H3,(H,14,15). The van der Waals surface area contributed by atoms with Crippen molar-refractivity contribution in [1.29, 1.82) is 0 Å². The van der Waals surface area contributed by atoms with E-state index in [0.717, 1.165) is 5.82 Å². The Bertz CT molecular complexity index is 525. The van der Waals surface area contributed by atoms with Crippen LogP contribution in [-0.4, -0.2) is 39.9 Å². The van der Waals surface area contributed by atoms with Crippen molar-refractivity contribution in [3.63, 3.8) is 0 Å². The second-order valence-corrected chi connectivity index (χ2v) is 3.77. The number of imidazole rings is 1. The Labute approximate surface area is 105 Å². The average Bonchev–Trinajstić information content (AvgIpc) is 2.90. The molecule has 0 radical (unpaired) electrons. The van der Waals surface area contributed by atoms with Gasteiger partial charge in [-0.2, -0.15) is 0 Å². The van der Waals surface area contributed by atoms with Gasteiger partial charge in [-0.1, -0.05) is 0 Å². The van der Waals surface area contributed by atoms with Crippen LogP contribution in [0.3, 0.4) is 0 Å². The van der Waals surface area contributed by atoms with E-state index in [1.54, 1.807) is 36.6 Å². The number of carbonyl (C=O) groups is 1. The summed E-state index contributed by atoms with van der Waals surface area (Å²) in [6.45, 7) is 0.414. The van der Waals surface area contributed by atoms with Gasteiger partial charge in [0.15, 0.2) is 0 Å². The lowest BCUT2D eigenvalue weighted by molar-refractivity contribution is 0.0778. The Hall–Kier alpha value is -2.37. The van der Waals surface area contributed by atoms with Crippen LogP contribution in [0, 0.1) is 0 Å². The lowest BCUT2D eigenvalue weighted by Crippen LogP contribution is -2.27. The quantitative estimate of drug-likeness (QED) is 0.876. The second kappa shape index (κ2) is 5.31. The number of ether oxygens (including phenoxy) is 1. The van der Waals surface area contributed by atoms with Gasteiger partial charge in [-0.15, -0.1) is 0 Å². The number of H-pyrrole nitrogens is 1. The van der Waals surface area contributed by atoms with Gasteiger partial charge >= 0.3 is 0 Å². The van der Waals surface area contributed by atoms with E-state index in [1.165, 1.54) is 13.3 Å².